The van der Waals surface area contributed by atoms with Gasteiger partial charge >= 0.3 is 88.1 Å². The maximum atomic E-state index is 11.5. The first-order valence-corrected chi connectivity index (χ1v) is 11.7. The minimum atomic E-state index is -5.09. The fourth-order valence-corrected chi connectivity index (χ4v) is 3.38. The maximum absolute atomic E-state index is 11.5. The van der Waals surface area contributed by atoms with Crippen molar-refractivity contribution < 1.29 is 26.6 Å². The predicted molar refractivity (Wildman–Crippen MR) is 107 cm³/mol. The van der Waals surface area contributed by atoms with Crippen molar-refractivity contribution in [2.24, 2.45) is 0 Å². The SMILES string of the molecule is CC(=O)Nc1ccc([As](=O)(O)O)c(O)c1.CC(C)(C)NC(=O)c1ccccc1. The molecule has 0 bridgehead atoms. The van der Waals surface area contributed by atoms with Crippen molar-refractivity contribution in [2.75, 3.05) is 5.32 Å². The van der Waals surface area contributed by atoms with Crippen LogP contribution in [0.15, 0.2) is 48.5 Å². The van der Waals surface area contributed by atoms with Crippen LogP contribution >= 0.6 is 0 Å². The molecule has 28 heavy (non-hydrogen) atoms. The summed E-state index contributed by atoms with van der Waals surface area (Å²) in [5.41, 5.74) is 0.817. The first-order valence-electron chi connectivity index (χ1n) is 8.34. The van der Waals surface area contributed by atoms with Crippen LogP contribution in [0.4, 0.5) is 5.69 Å². The Labute approximate surface area is 166 Å². The zero-order valence-corrected chi connectivity index (χ0v) is 18.0. The van der Waals surface area contributed by atoms with Gasteiger partial charge in [-0.1, -0.05) is 18.2 Å². The number of benzene rings is 2. The van der Waals surface area contributed by atoms with Crippen LogP contribution in [0, 0.1) is 0 Å². The van der Waals surface area contributed by atoms with E-state index in [9.17, 15) is 18.4 Å². The Hall–Kier alpha value is -2.54. The van der Waals surface area contributed by atoms with Gasteiger partial charge < -0.3 is 5.32 Å². The largest absolute Gasteiger partial charge is 0.347 e. The second-order valence-corrected chi connectivity index (χ2v) is 10.3. The third-order valence-corrected chi connectivity index (χ3v) is 5.24. The molecule has 0 spiro atoms. The normalized spacial score (nSPS) is 11.1. The molecule has 0 radical (unpaired) electrons. The Morgan fingerprint density at radius 2 is 1.57 bits per heavy atom. The Bertz CT molecular complexity index is 872. The number of aromatic hydroxyl groups is 1. The third-order valence-electron chi connectivity index (χ3n) is 3.13. The number of hydrogen-bond acceptors (Lipinski definition) is 4. The van der Waals surface area contributed by atoms with Gasteiger partial charge in [-0.25, -0.2) is 0 Å². The minimum absolute atomic E-state index is 0.0203. The number of carbonyl (C=O) groups is 2. The van der Waals surface area contributed by atoms with E-state index in [-0.39, 0.29) is 23.0 Å². The van der Waals surface area contributed by atoms with Crippen LogP contribution in [0.1, 0.15) is 38.1 Å². The average Bonchev–Trinajstić information content (AvgIpc) is 2.53. The monoisotopic (exact) mass is 452 g/mol. The molecule has 2 amide bonds. The van der Waals surface area contributed by atoms with E-state index in [2.05, 4.69) is 10.6 Å². The molecule has 0 heterocycles. The van der Waals surface area contributed by atoms with Crippen molar-refractivity contribution >= 4 is 36.0 Å². The minimum Gasteiger partial charge on any atom is -0.347 e. The van der Waals surface area contributed by atoms with Crippen LogP contribution in [0.3, 0.4) is 0 Å². The van der Waals surface area contributed by atoms with Crippen LogP contribution in [-0.4, -0.2) is 44.8 Å². The van der Waals surface area contributed by atoms with Crippen LogP contribution in [0.2, 0.25) is 0 Å². The van der Waals surface area contributed by atoms with E-state index in [0.717, 1.165) is 12.1 Å². The molecule has 0 saturated carbocycles. The summed E-state index contributed by atoms with van der Waals surface area (Å²) in [5.74, 6) is -0.870. The van der Waals surface area contributed by atoms with Crippen LogP contribution in [0.5, 0.6) is 5.75 Å². The number of phenolic OH excluding ortho intramolecular Hbond substituents is 1. The van der Waals surface area contributed by atoms with Gasteiger partial charge in [0.05, 0.1) is 0 Å². The van der Waals surface area contributed by atoms with Crippen molar-refractivity contribution in [2.45, 2.75) is 33.2 Å². The summed E-state index contributed by atoms with van der Waals surface area (Å²) in [6.07, 6.45) is 0. The molecule has 0 saturated heterocycles. The number of anilines is 1. The van der Waals surface area contributed by atoms with Crippen molar-refractivity contribution in [1.82, 2.24) is 5.32 Å². The van der Waals surface area contributed by atoms with E-state index >= 15 is 0 Å². The summed E-state index contributed by atoms with van der Waals surface area (Å²) >= 11 is -5.09. The van der Waals surface area contributed by atoms with Crippen LogP contribution in [-0.2, 0) is 8.53 Å². The van der Waals surface area contributed by atoms with Gasteiger partial charge in [0, 0.05) is 11.1 Å². The summed E-state index contributed by atoms with van der Waals surface area (Å²) in [4.78, 5) is 22.2. The summed E-state index contributed by atoms with van der Waals surface area (Å²) in [5, 5.41) is 14.6. The van der Waals surface area contributed by atoms with Gasteiger partial charge in [-0.05, 0) is 32.9 Å². The quantitative estimate of drug-likeness (QED) is 0.443. The molecule has 0 aliphatic carbocycles. The molecule has 0 aromatic heterocycles. The summed E-state index contributed by atoms with van der Waals surface area (Å²) < 4.78 is 28.2. The van der Waals surface area contributed by atoms with E-state index in [1.54, 1.807) is 12.1 Å². The summed E-state index contributed by atoms with van der Waals surface area (Å²) in [6.45, 7) is 7.19. The van der Waals surface area contributed by atoms with Gasteiger partial charge in [0.2, 0.25) is 0 Å². The molecule has 0 aliphatic heterocycles. The van der Waals surface area contributed by atoms with Crippen LogP contribution in [0.25, 0.3) is 0 Å². The molecule has 152 valence electrons. The molecule has 0 unspecified atom stereocenters. The molecule has 2 rings (SSSR count). The van der Waals surface area contributed by atoms with Crippen molar-refractivity contribution in [3.8, 4) is 5.75 Å². The molecule has 9 heteroatoms. The van der Waals surface area contributed by atoms with Crippen molar-refractivity contribution in [3.05, 3.63) is 54.1 Å². The first kappa shape index (κ1) is 23.5. The molecule has 2 aromatic carbocycles. The van der Waals surface area contributed by atoms with Crippen molar-refractivity contribution in [3.63, 3.8) is 0 Å². The number of amides is 2. The van der Waals surface area contributed by atoms with E-state index < -0.39 is 24.3 Å². The fourth-order valence-electron chi connectivity index (χ4n) is 2.05. The second-order valence-electron chi connectivity index (χ2n) is 7.00. The summed E-state index contributed by atoms with van der Waals surface area (Å²) in [7, 11) is 0. The van der Waals surface area contributed by atoms with Gasteiger partial charge in [0.1, 0.15) is 0 Å². The van der Waals surface area contributed by atoms with Gasteiger partial charge in [-0.15, -0.1) is 0 Å². The maximum Gasteiger partial charge on any atom is 0.251 e. The molecule has 0 fully saturated rings. The third kappa shape index (κ3) is 8.43. The predicted octanol–water partition coefficient (Wildman–Crippen LogP) is 1.13. The topological polar surface area (TPSA) is 136 Å². The fraction of sp³-hybridized carbons (Fsp3) is 0.263. The zero-order chi connectivity index (χ0) is 21.5. The molecule has 0 atom stereocenters. The smallest absolute Gasteiger partial charge is 0.251 e. The number of phenols is 1. The van der Waals surface area contributed by atoms with Gasteiger partial charge in [-0.2, -0.15) is 0 Å². The number of rotatable bonds is 3. The second kappa shape index (κ2) is 9.59. The molecule has 5 N–H and O–H groups in total. The number of hydrogen-bond donors (Lipinski definition) is 5. The Morgan fingerprint density at radius 3 is 2.00 bits per heavy atom. The number of carbonyl (C=O) groups excluding carboxylic acids is 2. The van der Waals surface area contributed by atoms with E-state index in [4.69, 9.17) is 8.19 Å². The van der Waals surface area contributed by atoms with E-state index in [1.165, 1.54) is 13.0 Å². The van der Waals surface area contributed by atoms with Gasteiger partial charge in [-0.3, -0.25) is 4.79 Å². The molecule has 0 aliphatic rings. The average molecular weight is 452 g/mol. The Kier molecular flexibility index (Phi) is 8.05. The zero-order valence-electron chi connectivity index (χ0n) is 16.1. The van der Waals surface area contributed by atoms with Gasteiger partial charge in [0.25, 0.3) is 5.91 Å². The molecule has 2 aromatic rings. The standard InChI is InChI=1S/C11H15NO.C8H10AsNO5/c1-11(2,3)12-10(13)9-7-5-4-6-8-9;1-5(11)10-6-2-3-7(8(12)4-6)9(13,14)15/h4-8H,1-3H3,(H,12,13);2-4,12H,1H3,(H,10,11)(H2,13,14,15). The molecular weight excluding hydrogens is 427 g/mol. The molecule has 8 nitrogen and oxygen atoms in total. The summed E-state index contributed by atoms with van der Waals surface area (Å²) in [6, 6.07) is 12.7. The Balaban J connectivity index is 0.000000283. The Morgan fingerprint density at radius 1 is 1.00 bits per heavy atom. The van der Waals surface area contributed by atoms with Crippen LogP contribution < -0.4 is 15.0 Å². The first-order chi connectivity index (χ1) is 12.8. The van der Waals surface area contributed by atoms with E-state index in [0.29, 0.717) is 5.56 Å². The number of nitrogens with one attached hydrogen (secondary N) is 2. The molecular formula is C19H25AsN2O6. The van der Waals surface area contributed by atoms with E-state index in [1.807, 2.05) is 39.0 Å². The van der Waals surface area contributed by atoms with Gasteiger partial charge in [0.15, 0.2) is 0 Å². The van der Waals surface area contributed by atoms with Crippen molar-refractivity contribution in [1.29, 1.82) is 0 Å².